The molecule has 0 atom stereocenters. The standard InChI is InChI=1S/C10H10N2O3/c1-15-10(14)12-9(13)5-4-8-3-2-6-11-7-8/h2-7H,1H3,(H,12,13,14)/b5-4+. The highest BCUT2D eigenvalue weighted by atomic mass is 16.5. The van der Waals surface area contributed by atoms with Crippen molar-refractivity contribution in [2.45, 2.75) is 0 Å². The summed E-state index contributed by atoms with van der Waals surface area (Å²) in [4.78, 5) is 25.6. The number of rotatable bonds is 2. The van der Waals surface area contributed by atoms with Gasteiger partial charge in [0.15, 0.2) is 0 Å². The van der Waals surface area contributed by atoms with E-state index in [1.807, 2.05) is 5.32 Å². The molecule has 0 fully saturated rings. The van der Waals surface area contributed by atoms with Gasteiger partial charge in [-0.15, -0.1) is 0 Å². The Bertz CT molecular complexity index is 374. The summed E-state index contributed by atoms with van der Waals surface area (Å²) >= 11 is 0. The largest absolute Gasteiger partial charge is 0.453 e. The Hall–Kier alpha value is -2.17. The van der Waals surface area contributed by atoms with Crippen molar-refractivity contribution >= 4 is 18.1 Å². The number of pyridine rings is 1. The maximum Gasteiger partial charge on any atom is 0.413 e. The van der Waals surface area contributed by atoms with Crippen LogP contribution < -0.4 is 5.32 Å². The van der Waals surface area contributed by atoms with Gasteiger partial charge < -0.3 is 4.74 Å². The molecule has 0 aliphatic heterocycles. The smallest absolute Gasteiger partial charge is 0.413 e. The number of imide groups is 1. The normalized spacial score (nSPS) is 9.93. The van der Waals surface area contributed by atoms with Crippen molar-refractivity contribution in [2.24, 2.45) is 0 Å². The molecular formula is C10H10N2O3. The van der Waals surface area contributed by atoms with E-state index in [0.717, 1.165) is 5.56 Å². The van der Waals surface area contributed by atoms with E-state index in [-0.39, 0.29) is 0 Å². The number of aromatic nitrogens is 1. The minimum absolute atomic E-state index is 0.536. The Morgan fingerprint density at radius 3 is 2.93 bits per heavy atom. The Balaban J connectivity index is 2.52. The molecular weight excluding hydrogens is 196 g/mol. The van der Waals surface area contributed by atoms with E-state index in [9.17, 15) is 9.59 Å². The third kappa shape index (κ3) is 4.04. The van der Waals surface area contributed by atoms with E-state index < -0.39 is 12.0 Å². The van der Waals surface area contributed by atoms with Crippen LogP contribution in [0.2, 0.25) is 0 Å². The summed E-state index contributed by atoms with van der Waals surface area (Å²) in [6.07, 6.45) is 5.23. The van der Waals surface area contributed by atoms with Crippen LogP contribution in [-0.2, 0) is 9.53 Å². The summed E-state index contributed by atoms with van der Waals surface area (Å²) in [7, 11) is 1.19. The lowest BCUT2D eigenvalue weighted by atomic mass is 10.2. The fraction of sp³-hybridized carbons (Fsp3) is 0.100. The first kappa shape index (κ1) is 10.9. The molecule has 1 rings (SSSR count). The van der Waals surface area contributed by atoms with E-state index in [0.29, 0.717) is 0 Å². The van der Waals surface area contributed by atoms with Crippen molar-refractivity contribution in [3.63, 3.8) is 0 Å². The quantitative estimate of drug-likeness (QED) is 0.732. The van der Waals surface area contributed by atoms with Crippen LogP contribution in [0.5, 0.6) is 0 Å². The maximum absolute atomic E-state index is 11.1. The highest BCUT2D eigenvalue weighted by Crippen LogP contribution is 1.97. The minimum atomic E-state index is -0.782. The van der Waals surface area contributed by atoms with Gasteiger partial charge in [-0.3, -0.25) is 15.1 Å². The fourth-order valence-corrected chi connectivity index (χ4v) is 0.840. The van der Waals surface area contributed by atoms with E-state index >= 15 is 0 Å². The molecule has 15 heavy (non-hydrogen) atoms. The first-order valence-electron chi connectivity index (χ1n) is 4.19. The number of nitrogens with zero attached hydrogens (tertiary/aromatic N) is 1. The lowest BCUT2D eigenvalue weighted by Crippen LogP contribution is -2.28. The van der Waals surface area contributed by atoms with Crippen molar-refractivity contribution < 1.29 is 14.3 Å². The zero-order valence-corrected chi connectivity index (χ0v) is 8.14. The average molecular weight is 206 g/mol. The number of amides is 2. The molecule has 0 radical (unpaired) electrons. The van der Waals surface area contributed by atoms with Gasteiger partial charge in [0.25, 0.3) is 5.91 Å². The third-order valence-corrected chi connectivity index (χ3v) is 1.52. The molecule has 0 aromatic carbocycles. The van der Waals surface area contributed by atoms with Crippen LogP contribution in [0.1, 0.15) is 5.56 Å². The summed E-state index contributed by atoms with van der Waals surface area (Å²) in [6.45, 7) is 0. The second-order valence-electron chi connectivity index (χ2n) is 2.60. The lowest BCUT2D eigenvalue weighted by Gasteiger charge is -1.97. The van der Waals surface area contributed by atoms with Crippen molar-refractivity contribution in [1.82, 2.24) is 10.3 Å². The van der Waals surface area contributed by atoms with Gasteiger partial charge in [-0.25, -0.2) is 4.79 Å². The van der Waals surface area contributed by atoms with Crippen molar-refractivity contribution in [2.75, 3.05) is 7.11 Å². The lowest BCUT2D eigenvalue weighted by molar-refractivity contribution is -0.115. The zero-order valence-electron chi connectivity index (χ0n) is 8.14. The maximum atomic E-state index is 11.1. The first-order chi connectivity index (χ1) is 7.22. The van der Waals surface area contributed by atoms with E-state index in [4.69, 9.17) is 0 Å². The van der Waals surface area contributed by atoms with Gasteiger partial charge in [0.05, 0.1) is 7.11 Å². The second-order valence-corrected chi connectivity index (χ2v) is 2.60. The second kappa shape index (κ2) is 5.54. The summed E-state index contributed by atoms with van der Waals surface area (Å²) in [6, 6.07) is 3.53. The Morgan fingerprint density at radius 2 is 2.33 bits per heavy atom. The molecule has 1 N–H and O–H groups in total. The number of hydrogen-bond donors (Lipinski definition) is 1. The van der Waals surface area contributed by atoms with Crippen molar-refractivity contribution in [3.8, 4) is 0 Å². The predicted molar refractivity (Wildman–Crippen MR) is 53.8 cm³/mol. The van der Waals surface area contributed by atoms with Crippen LogP contribution in [0.25, 0.3) is 6.08 Å². The van der Waals surface area contributed by atoms with E-state index in [1.165, 1.54) is 13.2 Å². The van der Waals surface area contributed by atoms with Gasteiger partial charge in [0.2, 0.25) is 0 Å². The highest BCUT2D eigenvalue weighted by Gasteiger charge is 2.02. The number of ether oxygens (including phenoxy) is 1. The van der Waals surface area contributed by atoms with Crippen LogP contribution in [0.4, 0.5) is 4.79 Å². The summed E-state index contributed by atoms with van der Waals surface area (Å²) < 4.78 is 4.26. The number of hydrogen-bond acceptors (Lipinski definition) is 4. The molecule has 0 aliphatic carbocycles. The number of methoxy groups -OCH3 is 1. The zero-order chi connectivity index (χ0) is 11.1. The molecule has 0 aliphatic rings. The molecule has 1 aromatic heterocycles. The molecule has 1 aromatic rings. The van der Waals surface area contributed by atoms with Gasteiger partial charge in [-0.1, -0.05) is 6.07 Å². The molecule has 1 heterocycles. The summed E-state index contributed by atoms with van der Waals surface area (Å²) in [5.41, 5.74) is 0.775. The first-order valence-corrected chi connectivity index (χ1v) is 4.19. The molecule has 0 unspecified atom stereocenters. The number of alkyl carbamates (subject to hydrolysis) is 1. The Kier molecular flexibility index (Phi) is 4.03. The van der Waals surface area contributed by atoms with Crippen LogP contribution in [0.3, 0.4) is 0 Å². The predicted octanol–water partition coefficient (Wildman–Crippen LogP) is 0.977. The molecule has 0 saturated heterocycles. The monoisotopic (exact) mass is 206 g/mol. The number of nitrogens with one attached hydrogen (secondary N) is 1. The van der Waals surface area contributed by atoms with Gasteiger partial charge >= 0.3 is 6.09 Å². The SMILES string of the molecule is COC(=O)NC(=O)/C=C/c1cccnc1. The molecule has 0 saturated carbocycles. The molecule has 78 valence electrons. The van der Waals surface area contributed by atoms with Gasteiger partial charge in [0, 0.05) is 18.5 Å². The van der Waals surface area contributed by atoms with Crippen molar-refractivity contribution in [3.05, 3.63) is 36.2 Å². The minimum Gasteiger partial charge on any atom is -0.453 e. The highest BCUT2D eigenvalue weighted by molar-refractivity contribution is 6.00. The summed E-state index contributed by atoms with van der Waals surface area (Å²) in [5.74, 6) is -0.536. The van der Waals surface area contributed by atoms with Gasteiger partial charge in [0.1, 0.15) is 0 Å². The third-order valence-electron chi connectivity index (χ3n) is 1.52. The van der Waals surface area contributed by atoms with Crippen LogP contribution in [-0.4, -0.2) is 24.1 Å². The van der Waals surface area contributed by atoms with Crippen LogP contribution >= 0.6 is 0 Å². The van der Waals surface area contributed by atoms with E-state index in [2.05, 4.69) is 9.72 Å². The summed E-state index contributed by atoms with van der Waals surface area (Å²) in [5, 5.41) is 1.99. The topological polar surface area (TPSA) is 68.3 Å². The number of carbonyl (C=O) groups excluding carboxylic acids is 2. The average Bonchev–Trinajstić information content (AvgIpc) is 2.27. The van der Waals surface area contributed by atoms with Crippen molar-refractivity contribution in [1.29, 1.82) is 0 Å². The molecule has 5 heteroatoms. The number of carbonyl (C=O) groups is 2. The van der Waals surface area contributed by atoms with Crippen LogP contribution in [0.15, 0.2) is 30.6 Å². The molecule has 0 bridgehead atoms. The van der Waals surface area contributed by atoms with Gasteiger partial charge in [-0.05, 0) is 17.7 Å². The van der Waals surface area contributed by atoms with Gasteiger partial charge in [-0.2, -0.15) is 0 Å². The van der Waals surface area contributed by atoms with Crippen LogP contribution in [0, 0.1) is 0 Å². The Morgan fingerprint density at radius 1 is 1.53 bits per heavy atom. The molecule has 0 spiro atoms. The molecule has 2 amide bonds. The molecule has 5 nitrogen and oxygen atoms in total. The fourth-order valence-electron chi connectivity index (χ4n) is 0.840. The van der Waals surface area contributed by atoms with E-state index in [1.54, 1.807) is 30.6 Å². The Labute approximate surface area is 86.8 Å².